The lowest BCUT2D eigenvalue weighted by Crippen LogP contribution is -2.60. The summed E-state index contributed by atoms with van der Waals surface area (Å²) >= 11 is 0. The SMILES string of the molecule is COc1ccc(C(OC[C@@]23OC[C@H](C)[C@@H]([C@H](n4cc(C)c(=O)[nH]c4=O)O2)[C@@H]3O[Si](C)(C)C(C)(C)C)(c2ccccc2)c2ccc(OC)cc2)cc1. The van der Waals surface area contributed by atoms with Crippen LogP contribution in [0, 0.1) is 18.8 Å². The molecule has 5 atom stereocenters. The van der Waals surface area contributed by atoms with E-state index in [2.05, 4.69) is 45.8 Å². The Morgan fingerprint density at radius 1 is 0.882 bits per heavy atom. The van der Waals surface area contributed by atoms with E-state index in [-0.39, 0.29) is 23.5 Å². The molecule has 51 heavy (non-hydrogen) atoms. The molecule has 11 heteroatoms. The van der Waals surface area contributed by atoms with E-state index in [0.717, 1.165) is 16.7 Å². The maximum atomic E-state index is 13.4. The number of H-pyrrole nitrogens is 1. The van der Waals surface area contributed by atoms with E-state index in [9.17, 15) is 9.59 Å². The summed E-state index contributed by atoms with van der Waals surface area (Å²) < 4.78 is 41.0. The monoisotopic (exact) mass is 714 g/mol. The summed E-state index contributed by atoms with van der Waals surface area (Å²) in [5, 5.41) is -0.129. The number of methoxy groups -OCH3 is 2. The standard InChI is InChI=1S/C40H50N2O8Si/c1-26-23-42(37(44)41-35(26)43)36-33-27(2)24-47-39(49-36,34(33)50-51(8,9)38(3,4)5)25-48-40(28-13-11-10-12-14-28,29-15-19-31(45-6)20-16-29)30-17-21-32(46-7)22-18-30/h10-23,27,33-34,36H,24-25H2,1-9H3,(H,41,43,44)/t27-,33+,34-,36+,39+/m0/s1. The van der Waals surface area contributed by atoms with Crippen LogP contribution < -0.4 is 20.7 Å². The smallest absolute Gasteiger partial charge is 0.330 e. The predicted octanol–water partition coefficient (Wildman–Crippen LogP) is 6.77. The van der Waals surface area contributed by atoms with Crippen molar-refractivity contribution in [2.75, 3.05) is 27.4 Å². The van der Waals surface area contributed by atoms with Crippen LogP contribution in [0.1, 0.15) is 56.2 Å². The summed E-state index contributed by atoms with van der Waals surface area (Å²) in [5.74, 6) is -0.296. The number of fused-ring (bicyclic) bond motifs is 2. The number of aromatic nitrogens is 2. The van der Waals surface area contributed by atoms with E-state index in [0.29, 0.717) is 23.7 Å². The highest BCUT2D eigenvalue weighted by Crippen LogP contribution is 2.54. The van der Waals surface area contributed by atoms with Crippen LogP contribution in [0.4, 0.5) is 0 Å². The lowest BCUT2D eigenvalue weighted by Gasteiger charge is -2.48. The van der Waals surface area contributed by atoms with E-state index in [1.54, 1.807) is 27.3 Å². The number of aryl methyl sites for hydroxylation is 1. The number of ether oxygens (including phenoxy) is 5. The minimum Gasteiger partial charge on any atom is -0.497 e. The van der Waals surface area contributed by atoms with Gasteiger partial charge in [0, 0.05) is 17.7 Å². The second-order valence-electron chi connectivity index (χ2n) is 15.3. The number of benzene rings is 3. The molecule has 0 aliphatic carbocycles. The van der Waals surface area contributed by atoms with Crippen LogP contribution in [0.5, 0.6) is 11.5 Å². The number of nitrogens with one attached hydrogen (secondary N) is 1. The molecule has 2 saturated heterocycles. The van der Waals surface area contributed by atoms with Gasteiger partial charge in [-0.25, -0.2) is 4.79 Å². The predicted molar refractivity (Wildman–Crippen MR) is 198 cm³/mol. The van der Waals surface area contributed by atoms with Gasteiger partial charge in [-0.2, -0.15) is 0 Å². The Balaban J connectivity index is 1.54. The van der Waals surface area contributed by atoms with Gasteiger partial charge < -0.3 is 28.1 Å². The first kappa shape index (κ1) is 36.8. The molecule has 3 heterocycles. The molecule has 4 aromatic rings. The quantitative estimate of drug-likeness (QED) is 0.134. The summed E-state index contributed by atoms with van der Waals surface area (Å²) in [5.41, 5.74) is 0.892. The molecule has 1 N–H and O–H groups in total. The van der Waals surface area contributed by atoms with Gasteiger partial charge in [0.15, 0.2) is 8.32 Å². The van der Waals surface area contributed by atoms with E-state index < -0.39 is 43.3 Å². The molecule has 2 aliphatic rings. The molecule has 3 aromatic carbocycles. The van der Waals surface area contributed by atoms with Crippen LogP contribution in [0.15, 0.2) is 94.6 Å². The lowest BCUT2D eigenvalue weighted by molar-refractivity contribution is -0.300. The average Bonchev–Trinajstić information content (AvgIpc) is 3.33. The van der Waals surface area contributed by atoms with Crippen molar-refractivity contribution in [3.8, 4) is 11.5 Å². The first-order valence-electron chi connectivity index (χ1n) is 17.5. The van der Waals surface area contributed by atoms with Crippen LogP contribution in [-0.2, 0) is 24.2 Å². The molecule has 0 radical (unpaired) electrons. The van der Waals surface area contributed by atoms with Crippen LogP contribution >= 0.6 is 0 Å². The lowest BCUT2D eigenvalue weighted by atomic mass is 9.79. The maximum absolute atomic E-state index is 13.4. The van der Waals surface area contributed by atoms with Crippen molar-refractivity contribution in [3.05, 3.63) is 128 Å². The van der Waals surface area contributed by atoms with Gasteiger partial charge in [-0.15, -0.1) is 0 Å². The zero-order valence-corrected chi connectivity index (χ0v) is 32.0. The van der Waals surface area contributed by atoms with Gasteiger partial charge in [-0.05, 0) is 71.9 Å². The Morgan fingerprint density at radius 3 is 1.96 bits per heavy atom. The first-order chi connectivity index (χ1) is 24.2. The van der Waals surface area contributed by atoms with Gasteiger partial charge in [-0.1, -0.05) is 82.3 Å². The van der Waals surface area contributed by atoms with E-state index in [1.165, 1.54) is 4.57 Å². The molecule has 0 spiro atoms. The zero-order chi connectivity index (χ0) is 36.8. The van der Waals surface area contributed by atoms with Crippen molar-refractivity contribution in [3.63, 3.8) is 0 Å². The van der Waals surface area contributed by atoms with Crippen molar-refractivity contribution in [1.82, 2.24) is 9.55 Å². The summed E-state index contributed by atoms with van der Waals surface area (Å²) in [6.07, 6.45) is 0.198. The Morgan fingerprint density at radius 2 is 1.43 bits per heavy atom. The van der Waals surface area contributed by atoms with Crippen LogP contribution in [0.25, 0.3) is 0 Å². The largest absolute Gasteiger partial charge is 0.497 e. The van der Waals surface area contributed by atoms with Gasteiger partial charge in [0.2, 0.25) is 5.79 Å². The van der Waals surface area contributed by atoms with Gasteiger partial charge in [-0.3, -0.25) is 14.3 Å². The molecule has 2 bridgehead atoms. The van der Waals surface area contributed by atoms with Crippen molar-refractivity contribution >= 4 is 8.32 Å². The molecule has 0 unspecified atom stereocenters. The van der Waals surface area contributed by atoms with Crippen LogP contribution in [-0.4, -0.2) is 57.2 Å². The summed E-state index contributed by atoms with van der Waals surface area (Å²) in [7, 11) is 0.829. The highest BCUT2D eigenvalue weighted by Gasteiger charge is 2.65. The minimum atomic E-state index is -2.45. The molecular formula is C40H50N2O8Si. The van der Waals surface area contributed by atoms with E-state index >= 15 is 0 Å². The third kappa shape index (κ3) is 6.62. The Hall–Kier alpha value is -4.00. The number of hydrogen-bond donors (Lipinski definition) is 1. The van der Waals surface area contributed by atoms with Gasteiger partial charge >= 0.3 is 5.69 Å². The number of rotatable bonds is 11. The molecular weight excluding hydrogens is 665 g/mol. The fourth-order valence-corrected chi connectivity index (χ4v) is 8.32. The minimum absolute atomic E-state index is 0.0402. The Labute approximate surface area is 300 Å². The van der Waals surface area contributed by atoms with Crippen molar-refractivity contribution in [2.24, 2.45) is 11.8 Å². The van der Waals surface area contributed by atoms with Crippen molar-refractivity contribution in [2.45, 2.75) is 76.5 Å². The number of nitrogens with zero attached hydrogens (tertiary/aromatic N) is 1. The molecule has 272 valence electrons. The molecule has 10 nitrogen and oxygen atoms in total. The molecule has 2 aliphatic heterocycles. The van der Waals surface area contributed by atoms with Gasteiger partial charge in [0.1, 0.15) is 36.0 Å². The third-order valence-corrected chi connectivity index (χ3v) is 15.4. The highest BCUT2D eigenvalue weighted by atomic mass is 28.4. The fraction of sp³-hybridized carbons (Fsp3) is 0.450. The zero-order valence-electron chi connectivity index (χ0n) is 31.0. The van der Waals surface area contributed by atoms with Gasteiger partial charge in [0.25, 0.3) is 5.56 Å². The maximum Gasteiger partial charge on any atom is 0.330 e. The molecule has 2 fully saturated rings. The molecule has 6 rings (SSSR count). The summed E-state index contributed by atoms with van der Waals surface area (Å²) in [6, 6.07) is 25.7. The fourth-order valence-electron chi connectivity index (χ4n) is 6.99. The molecule has 1 aromatic heterocycles. The van der Waals surface area contributed by atoms with E-state index in [1.807, 2.05) is 78.9 Å². The van der Waals surface area contributed by atoms with Crippen LogP contribution in [0.2, 0.25) is 18.1 Å². The Bertz CT molecular complexity index is 1890. The van der Waals surface area contributed by atoms with E-state index in [4.69, 9.17) is 28.1 Å². The Kier molecular flexibility index (Phi) is 9.99. The number of aromatic amines is 1. The second kappa shape index (κ2) is 13.9. The molecule has 0 amide bonds. The summed E-state index contributed by atoms with van der Waals surface area (Å²) in [4.78, 5) is 28.3. The molecule has 0 saturated carbocycles. The van der Waals surface area contributed by atoms with Gasteiger partial charge in [0.05, 0.1) is 20.8 Å². The van der Waals surface area contributed by atoms with Crippen molar-refractivity contribution < 1.29 is 28.1 Å². The average molecular weight is 715 g/mol. The number of hydrogen-bond acceptors (Lipinski definition) is 8. The van der Waals surface area contributed by atoms with Crippen molar-refractivity contribution in [1.29, 1.82) is 0 Å². The highest BCUT2D eigenvalue weighted by molar-refractivity contribution is 6.74. The van der Waals surface area contributed by atoms with Crippen LogP contribution in [0.3, 0.4) is 0 Å². The normalized spacial score (nSPS) is 23.6. The topological polar surface area (TPSA) is 110 Å². The first-order valence-corrected chi connectivity index (χ1v) is 20.4. The third-order valence-electron chi connectivity index (χ3n) is 11.0. The summed E-state index contributed by atoms with van der Waals surface area (Å²) in [6.45, 7) is 15.1. The second-order valence-corrected chi connectivity index (χ2v) is 20.0.